The zero-order valence-corrected chi connectivity index (χ0v) is 23.7. The molecule has 0 saturated carbocycles. The lowest BCUT2D eigenvalue weighted by atomic mass is 9.98. The summed E-state index contributed by atoms with van der Waals surface area (Å²) >= 11 is 0. The Bertz CT molecular complexity index is 1400. The van der Waals surface area contributed by atoms with Gasteiger partial charge in [0.05, 0.1) is 24.0 Å². The molecule has 2 saturated heterocycles. The molecule has 2 aromatic carbocycles. The molecule has 2 unspecified atom stereocenters. The van der Waals surface area contributed by atoms with E-state index in [-0.39, 0.29) is 36.0 Å². The van der Waals surface area contributed by atoms with Gasteiger partial charge in [0.25, 0.3) is 0 Å². The number of amides is 1. The highest BCUT2D eigenvalue weighted by Crippen LogP contribution is 2.46. The van der Waals surface area contributed by atoms with E-state index in [1.54, 1.807) is 0 Å². The first-order chi connectivity index (χ1) is 19.2. The van der Waals surface area contributed by atoms with Crippen molar-refractivity contribution in [1.29, 1.82) is 0 Å². The summed E-state index contributed by atoms with van der Waals surface area (Å²) in [4.78, 5) is 13.0. The van der Waals surface area contributed by atoms with Crippen LogP contribution in [0.1, 0.15) is 50.8 Å². The maximum Gasteiger partial charge on any atom is 0.573 e. The summed E-state index contributed by atoms with van der Waals surface area (Å²) in [6, 6.07) is 9.47. The maximum absolute atomic E-state index is 13.5. The van der Waals surface area contributed by atoms with Crippen LogP contribution in [0.3, 0.4) is 0 Å². The number of rotatable bonds is 8. The van der Waals surface area contributed by atoms with Gasteiger partial charge in [-0.25, -0.2) is 8.42 Å². The number of epoxide rings is 1. The number of sulfonamides is 1. The fourth-order valence-corrected chi connectivity index (χ4v) is 6.75. The van der Waals surface area contributed by atoms with Crippen LogP contribution in [0, 0.1) is 0 Å². The van der Waals surface area contributed by atoms with Crippen molar-refractivity contribution in [3.63, 3.8) is 0 Å². The lowest BCUT2D eigenvalue weighted by Gasteiger charge is -2.32. The van der Waals surface area contributed by atoms with E-state index in [2.05, 4.69) is 41.5 Å². The largest absolute Gasteiger partial charge is 0.573 e. The molecule has 14 heteroatoms. The summed E-state index contributed by atoms with van der Waals surface area (Å²) < 4.78 is 81.1. The molecule has 224 valence electrons. The normalized spacial score (nSPS) is 24.5. The highest BCUT2D eigenvalue weighted by Gasteiger charge is 2.67. The van der Waals surface area contributed by atoms with Crippen molar-refractivity contribution < 1.29 is 40.6 Å². The Hall–Kier alpha value is -2.91. The van der Waals surface area contributed by atoms with Crippen LogP contribution in [0.25, 0.3) is 0 Å². The van der Waals surface area contributed by atoms with E-state index >= 15 is 0 Å². The number of nitrogens with zero attached hydrogens (tertiary/aromatic N) is 1. The summed E-state index contributed by atoms with van der Waals surface area (Å²) in [5.74, 6) is -0.252. The minimum Gasteiger partial charge on any atom is -0.493 e. The van der Waals surface area contributed by atoms with Crippen molar-refractivity contribution in [2.24, 2.45) is 0 Å². The van der Waals surface area contributed by atoms with Gasteiger partial charge in [-0.1, -0.05) is 12.1 Å². The molecule has 0 spiro atoms. The Morgan fingerprint density at radius 2 is 1.90 bits per heavy atom. The molecule has 3 N–H and O–H groups in total. The molecule has 10 nitrogen and oxygen atoms in total. The first-order valence-corrected chi connectivity index (χ1v) is 14.7. The molecule has 0 bridgehead atoms. The molecule has 2 aromatic rings. The topological polar surface area (TPSA) is 122 Å². The molecule has 3 aliphatic rings. The zero-order chi connectivity index (χ0) is 29.6. The predicted octanol–water partition coefficient (Wildman–Crippen LogP) is 3.15. The van der Waals surface area contributed by atoms with Crippen molar-refractivity contribution in [3.8, 4) is 11.5 Å². The van der Waals surface area contributed by atoms with Gasteiger partial charge in [0.15, 0.2) is 12.0 Å². The summed E-state index contributed by atoms with van der Waals surface area (Å²) in [5.41, 5.74) is 0.391. The van der Waals surface area contributed by atoms with Crippen LogP contribution in [0.5, 0.6) is 11.5 Å². The Balaban J connectivity index is 1.28. The second-order valence-corrected chi connectivity index (χ2v) is 13.2. The molecule has 0 aromatic heterocycles. The molecule has 41 heavy (non-hydrogen) atoms. The zero-order valence-electron chi connectivity index (χ0n) is 22.9. The van der Waals surface area contributed by atoms with Crippen LogP contribution in [-0.4, -0.2) is 62.2 Å². The average Bonchev–Trinajstić information content (AvgIpc) is 3.60. The fourth-order valence-electron chi connectivity index (χ4n) is 5.07. The lowest BCUT2D eigenvalue weighted by Crippen LogP contribution is -2.55. The van der Waals surface area contributed by atoms with Crippen LogP contribution in [-0.2, 0) is 26.1 Å². The Labute approximate surface area is 236 Å². The minimum absolute atomic E-state index is 0.0123. The van der Waals surface area contributed by atoms with E-state index in [4.69, 9.17) is 9.47 Å². The van der Waals surface area contributed by atoms with Crippen molar-refractivity contribution >= 4 is 15.9 Å². The standard InChI is InChI=1S/C27H33F3N4O6S/c1-25(2,3)32-16-17-4-9-20-21(10-13-38-22(20)14-17)33-23(35)15-26-24(40-26)31-11-12-34(26)41(36,37)19-7-5-18(6-8-19)39-27(28,29)30/h4-9,14,21,24,31-32H,10-13,15-16H2,1-3H3,(H,33,35)/t21-,24?,26?/m1/s1. The molecule has 3 heterocycles. The van der Waals surface area contributed by atoms with Gasteiger partial charge < -0.3 is 24.8 Å². The minimum atomic E-state index is -4.90. The molecule has 3 aliphatic heterocycles. The third-order valence-corrected chi connectivity index (χ3v) is 9.02. The van der Waals surface area contributed by atoms with E-state index < -0.39 is 40.0 Å². The fraction of sp³-hybridized carbons (Fsp3) is 0.519. The lowest BCUT2D eigenvalue weighted by molar-refractivity contribution is -0.274. The first-order valence-electron chi connectivity index (χ1n) is 13.3. The number of carbonyl (C=O) groups excluding carboxylic acids is 1. The van der Waals surface area contributed by atoms with E-state index in [0.29, 0.717) is 25.3 Å². The van der Waals surface area contributed by atoms with Gasteiger partial charge >= 0.3 is 6.36 Å². The van der Waals surface area contributed by atoms with Gasteiger partial charge in [0, 0.05) is 37.2 Å². The van der Waals surface area contributed by atoms with Gasteiger partial charge in [-0.3, -0.25) is 10.1 Å². The molecule has 0 radical (unpaired) electrons. The van der Waals surface area contributed by atoms with E-state index in [0.717, 1.165) is 39.7 Å². The van der Waals surface area contributed by atoms with E-state index in [1.807, 2.05) is 18.2 Å². The number of benzene rings is 2. The van der Waals surface area contributed by atoms with Crippen LogP contribution < -0.4 is 25.4 Å². The highest BCUT2D eigenvalue weighted by atomic mass is 32.2. The van der Waals surface area contributed by atoms with Gasteiger partial charge in [-0.2, -0.15) is 4.31 Å². The second kappa shape index (κ2) is 10.7. The quantitative estimate of drug-likeness (QED) is 0.397. The maximum atomic E-state index is 13.5. The summed E-state index contributed by atoms with van der Waals surface area (Å²) in [7, 11) is -4.21. The number of fused-ring (bicyclic) bond motifs is 2. The first kappa shape index (κ1) is 29.6. The van der Waals surface area contributed by atoms with Crippen LogP contribution in [0.2, 0.25) is 0 Å². The Morgan fingerprint density at radius 1 is 1.17 bits per heavy atom. The third kappa shape index (κ3) is 6.61. The Kier molecular flexibility index (Phi) is 7.74. The number of alkyl halides is 3. The van der Waals surface area contributed by atoms with Crippen molar-refractivity contribution in [2.45, 2.75) is 74.9 Å². The molecular formula is C27H33F3N4O6S. The van der Waals surface area contributed by atoms with Crippen molar-refractivity contribution in [3.05, 3.63) is 53.6 Å². The van der Waals surface area contributed by atoms with E-state index in [9.17, 15) is 26.4 Å². The average molecular weight is 599 g/mol. The number of halogens is 3. The summed E-state index contributed by atoms with van der Waals surface area (Å²) in [6.45, 7) is 7.61. The van der Waals surface area contributed by atoms with Crippen LogP contribution in [0.15, 0.2) is 47.4 Å². The summed E-state index contributed by atoms with van der Waals surface area (Å²) in [5, 5.41) is 9.50. The number of hydrogen-bond donors (Lipinski definition) is 3. The number of carbonyl (C=O) groups is 1. The second-order valence-electron chi connectivity index (χ2n) is 11.3. The molecule has 5 rings (SSSR count). The molecule has 3 atom stereocenters. The summed E-state index contributed by atoms with van der Waals surface area (Å²) in [6.07, 6.45) is -5.31. The van der Waals surface area contributed by atoms with Gasteiger partial charge in [-0.15, -0.1) is 13.2 Å². The number of hydrogen-bond acceptors (Lipinski definition) is 8. The third-order valence-electron chi connectivity index (χ3n) is 7.08. The van der Waals surface area contributed by atoms with Crippen LogP contribution in [0.4, 0.5) is 13.2 Å². The Morgan fingerprint density at radius 3 is 2.59 bits per heavy atom. The molecule has 0 aliphatic carbocycles. The van der Waals surface area contributed by atoms with Crippen LogP contribution >= 0.6 is 0 Å². The predicted molar refractivity (Wildman–Crippen MR) is 141 cm³/mol. The van der Waals surface area contributed by atoms with Gasteiger partial charge in [0.2, 0.25) is 15.9 Å². The number of ether oxygens (including phenoxy) is 3. The number of nitrogens with one attached hydrogen (secondary N) is 3. The monoisotopic (exact) mass is 598 g/mol. The van der Waals surface area contributed by atoms with E-state index in [1.165, 1.54) is 0 Å². The van der Waals surface area contributed by atoms with Gasteiger partial charge in [-0.05, 0) is 56.7 Å². The number of piperazine rings is 1. The van der Waals surface area contributed by atoms with Crippen molar-refractivity contribution in [2.75, 3.05) is 19.7 Å². The molecule has 2 fully saturated rings. The van der Waals surface area contributed by atoms with Crippen molar-refractivity contribution in [1.82, 2.24) is 20.3 Å². The SMILES string of the molecule is CC(C)(C)NCc1ccc2c(c1)OCC[C@H]2NC(=O)CC12OC1NCCN2S(=O)(=O)c1ccc(OC(F)(F)F)cc1. The smallest absolute Gasteiger partial charge is 0.493 e. The molecule has 1 amide bonds. The van der Waals surface area contributed by atoms with Gasteiger partial charge in [0.1, 0.15) is 11.5 Å². The highest BCUT2D eigenvalue weighted by molar-refractivity contribution is 7.89. The molecular weight excluding hydrogens is 565 g/mol.